The van der Waals surface area contributed by atoms with Crippen LogP contribution >= 0.6 is 0 Å². The van der Waals surface area contributed by atoms with Crippen LogP contribution in [0.15, 0.2) is 108 Å². The van der Waals surface area contributed by atoms with Gasteiger partial charge in [0.05, 0.1) is 23.4 Å². The SMILES string of the molecule is COc1ccc(C)cc1NC(=O)CN(c1ccc(Oc2ccccc2)cc1)S(=O)(=O)c1ccccc1. The predicted molar refractivity (Wildman–Crippen MR) is 140 cm³/mol. The normalized spacial score (nSPS) is 10.9. The van der Waals surface area contributed by atoms with Crippen molar-refractivity contribution in [2.24, 2.45) is 0 Å². The van der Waals surface area contributed by atoms with Crippen molar-refractivity contribution >= 4 is 27.3 Å². The monoisotopic (exact) mass is 502 g/mol. The molecule has 1 N–H and O–H groups in total. The molecule has 36 heavy (non-hydrogen) atoms. The first-order chi connectivity index (χ1) is 17.4. The van der Waals surface area contributed by atoms with Crippen molar-refractivity contribution in [2.75, 3.05) is 23.3 Å². The highest BCUT2D eigenvalue weighted by Crippen LogP contribution is 2.29. The topological polar surface area (TPSA) is 84.9 Å². The second-order valence-electron chi connectivity index (χ2n) is 7.99. The smallest absolute Gasteiger partial charge is 0.264 e. The van der Waals surface area contributed by atoms with Crippen molar-refractivity contribution < 1.29 is 22.7 Å². The third kappa shape index (κ3) is 5.84. The van der Waals surface area contributed by atoms with Gasteiger partial charge in [-0.3, -0.25) is 9.10 Å². The molecule has 0 aliphatic rings. The van der Waals surface area contributed by atoms with Gasteiger partial charge in [0, 0.05) is 0 Å². The van der Waals surface area contributed by atoms with Gasteiger partial charge >= 0.3 is 0 Å². The van der Waals surface area contributed by atoms with E-state index < -0.39 is 22.5 Å². The molecule has 0 aromatic heterocycles. The Morgan fingerprint density at radius 2 is 1.44 bits per heavy atom. The molecule has 4 aromatic rings. The molecule has 0 bridgehead atoms. The maximum Gasteiger partial charge on any atom is 0.264 e. The van der Waals surface area contributed by atoms with Crippen molar-refractivity contribution in [1.82, 2.24) is 0 Å². The van der Waals surface area contributed by atoms with Crippen LogP contribution in [0.1, 0.15) is 5.56 Å². The molecule has 0 fully saturated rings. The average molecular weight is 503 g/mol. The van der Waals surface area contributed by atoms with Crippen molar-refractivity contribution in [3.63, 3.8) is 0 Å². The number of para-hydroxylation sites is 1. The van der Waals surface area contributed by atoms with Crippen LogP contribution in [0.3, 0.4) is 0 Å². The third-order valence-electron chi connectivity index (χ3n) is 5.35. The summed E-state index contributed by atoms with van der Waals surface area (Å²) in [5.41, 5.74) is 1.71. The maximum atomic E-state index is 13.6. The minimum atomic E-state index is -4.04. The number of nitrogens with one attached hydrogen (secondary N) is 1. The molecule has 0 radical (unpaired) electrons. The molecule has 0 unspecified atom stereocenters. The van der Waals surface area contributed by atoms with Crippen LogP contribution in [-0.2, 0) is 14.8 Å². The zero-order valence-corrected chi connectivity index (χ0v) is 20.7. The van der Waals surface area contributed by atoms with Crippen LogP contribution in [0, 0.1) is 6.92 Å². The Balaban J connectivity index is 1.63. The van der Waals surface area contributed by atoms with Gasteiger partial charge in [-0.05, 0) is 73.2 Å². The quantitative estimate of drug-likeness (QED) is 0.321. The number of hydrogen-bond donors (Lipinski definition) is 1. The molecular formula is C28H26N2O5S. The van der Waals surface area contributed by atoms with Gasteiger partial charge in [0.2, 0.25) is 5.91 Å². The van der Waals surface area contributed by atoms with Gasteiger partial charge in [-0.2, -0.15) is 0 Å². The Hall–Kier alpha value is -4.30. The minimum absolute atomic E-state index is 0.0792. The number of hydrogen-bond acceptors (Lipinski definition) is 5. The summed E-state index contributed by atoms with van der Waals surface area (Å²) in [6, 6.07) is 29.2. The second-order valence-corrected chi connectivity index (χ2v) is 9.85. The van der Waals surface area contributed by atoms with E-state index in [4.69, 9.17) is 9.47 Å². The molecule has 0 aliphatic heterocycles. The molecule has 4 aromatic carbocycles. The van der Waals surface area contributed by atoms with E-state index in [0.29, 0.717) is 28.6 Å². The number of carbonyl (C=O) groups is 1. The number of ether oxygens (including phenoxy) is 2. The first kappa shape index (κ1) is 24.8. The Morgan fingerprint density at radius 3 is 2.08 bits per heavy atom. The van der Waals surface area contributed by atoms with Crippen LogP contribution in [0.4, 0.5) is 11.4 Å². The summed E-state index contributed by atoms with van der Waals surface area (Å²) in [7, 11) is -2.53. The van der Waals surface area contributed by atoms with Crippen molar-refractivity contribution in [3.8, 4) is 17.2 Å². The fraction of sp³-hybridized carbons (Fsp3) is 0.107. The van der Waals surface area contributed by atoms with E-state index in [-0.39, 0.29) is 4.90 Å². The summed E-state index contributed by atoms with van der Waals surface area (Å²) >= 11 is 0. The zero-order chi connectivity index (χ0) is 25.5. The van der Waals surface area contributed by atoms with Crippen LogP contribution in [0.5, 0.6) is 17.2 Å². The minimum Gasteiger partial charge on any atom is -0.495 e. The van der Waals surface area contributed by atoms with Crippen LogP contribution in [-0.4, -0.2) is 28.0 Å². The number of rotatable bonds is 9. The highest BCUT2D eigenvalue weighted by atomic mass is 32.2. The van der Waals surface area contributed by atoms with Crippen molar-refractivity contribution in [1.29, 1.82) is 0 Å². The molecule has 7 nitrogen and oxygen atoms in total. The molecule has 0 saturated heterocycles. The summed E-state index contributed by atoms with van der Waals surface area (Å²) in [5, 5.41) is 2.78. The van der Waals surface area contributed by atoms with E-state index in [1.807, 2.05) is 43.3 Å². The summed E-state index contributed by atoms with van der Waals surface area (Å²) < 4.78 is 39.4. The Kier molecular flexibility index (Phi) is 7.56. The molecule has 0 saturated carbocycles. The lowest BCUT2D eigenvalue weighted by Crippen LogP contribution is -2.38. The van der Waals surface area contributed by atoms with Crippen LogP contribution < -0.4 is 19.1 Å². The first-order valence-electron chi connectivity index (χ1n) is 11.2. The summed E-state index contributed by atoms with van der Waals surface area (Å²) in [6.45, 7) is 1.45. The molecule has 184 valence electrons. The predicted octanol–water partition coefficient (Wildman–Crippen LogP) is 5.63. The molecule has 0 spiro atoms. The van der Waals surface area contributed by atoms with Gasteiger partial charge in [-0.15, -0.1) is 0 Å². The molecule has 0 aliphatic carbocycles. The highest BCUT2D eigenvalue weighted by molar-refractivity contribution is 7.92. The number of carbonyl (C=O) groups excluding carboxylic acids is 1. The second kappa shape index (κ2) is 11.0. The molecule has 0 heterocycles. The van der Waals surface area contributed by atoms with Crippen molar-refractivity contribution in [3.05, 3.63) is 109 Å². The number of aryl methyl sites for hydroxylation is 1. The van der Waals surface area contributed by atoms with Gasteiger partial charge < -0.3 is 14.8 Å². The van der Waals surface area contributed by atoms with E-state index in [1.54, 1.807) is 54.6 Å². The fourth-order valence-electron chi connectivity index (χ4n) is 3.58. The number of amides is 1. The molecule has 4 rings (SSSR count). The number of nitrogens with zero attached hydrogens (tertiary/aromatic N) is 1. The number of sulfonamides is 1. The first-order valence-corrected chi connectivity index (χ1v) is 12.7. The van der Waals surface area contributed by atoms with E-state index in [0.717, 1.165) is 9.87 Å². The van der Waals surface area contributed by atoms with E-state index in [1.165, 1.54) is 19.2 Å². The van der Waals surface area contributed by atoms with Crippen molar-refractivity contribution in [2.45, 2.75) is 11.8 Å². The summed E-state index contributed by atoms with van der Waals surface area (Å²) in [5.74, 6) is 1.17. The third-order valence-corrected chi connectivity index (χ3v) is 7.14. The number of benzene rings is 4. The molecular weight excluding hydrogens is 476 g/mol. The van der Waals surface area contributed by atoms with Crippen LogP contribution in [0.2, 0.25) is 0 Å². The van der Waals surface area contributed by atoms with E-state index >= 15 is 0 Å². The van der Waals surface area contributed by atoms with Gasteiger partial charge in [0.1, 0.15) is 23.8 Å². The lowest BCUT2D eigenvalue weighted by atomic mass is 10.2. The summed E-state index contributed by atoms with van der Waals surface area (Å²) in [4.78, 5) is 13.1. The average Bonchev–Trinajstić information content (AvgIpc) is 2.89. The van der Waals surface area contributed by atoms with E-state index in [2.05, 4.69) is 5.32 Å². The van der Waals surface area contributed by atoms with Gasteiger partial charge in [0.25, 0.3) is 10.0 Å². The maximum absolute atomic E-state index is 13.6. The van der Waals surface area contributed by atoms with Gasteiger partial charge in [0.15, 0.2) is 0 Å². The Labute approximate surface area is 211 Å². The highest BCUT2D eigenvalue weighted by Gasteiger charge is 2.27. The van der Waals surface area contributed by atoms with Gasteiger partial charge in [-0.1, -0.05) is 42.5 Å². The van der Waals surface area contributed by atoms with Crippen LogP contribution in [0.25, 0.3) is 0 Å². The zero-order valence-electron chi connectivity index (χ0n) is 19.9. The molecule has 1 amide bonds. The Morgan fingerprint density at radius 1 is 0.833 bits per heavy atom. The Bertz CT molecular complexity index is 1420. The lowest BCUT2D eigenvalue weighted by Gasteiger charge is -2.24. The largest absolute Gasteiger partial charge is 0.495 e. The number of anilines is 2. The number of methoxy groups -OCH3 is 1. The molecule has 8 heteroatoms. The lowest BCUT2D eigenvalue weighted by molar-refractivity contribution is -0.114. The standard InChI is InChI=1S/C28H26N2O5S/c1-21-13-18-27(34-2)26(19-21)29-28(31)20-30(36(32,33)25-11-7-4-8-12-25)22-14-16-24(17-15-22)35-23-9-5-3-6-10-23/h3-19H,20H2,1-2H3,(H,29,31). The summed E-state index contributed by atoms with van der Waals surface area (Å²) in [6.07, 6.45) is 0. The van der Waals surface area contributed by atoms with E-state index in [9.17, 15) is 13.2 Å². The molecule has 0 atom stereocenters. The fourth-order valence-corrected chi connectivity index (χ4v) is 5.02. The van der Waals surface area contributed by atoms with Gasteiger partial charge in [-0.25, -0.2) is 8.42 Å².